The van der Waals surface area contributed by atoms with Gasteiger partial charge in [0.25, 0.3) is 0 Å². The van der Waals surface area contributed by atoms with Crippen LogP contribution in [0.15, 0.2) is 83.5 Å². The Morgan fingerprint density at radius 2 is 1.71 bits per heavy atom. The molecule has 4 N–H and O–H groups in total. The van der Waals surface area contributed by atoms with Gasteiger partial charge in [-0.3, -0.25) is 15.1 Å². The number of carboxylic acid groups (broad SMARTS) is 2. The van der Waals surface area contributed by atoms with E-state index in [9.17, 15) is 26.4 Å². The van der Waals surface area contributed by atoms with Crippen LogP contribution >= 0.6 is 11.3 Å². The molecule has 0 saturated carbocycles. The number of anilines is 1. The number of aromatic nitrogens is 3. The fourth-order valence-electron chi connectivity index (χ4n) is 3.23. The third kappa shape index (κ3) is 9.06. The van der Waals surface area contributed by atoms with E-state index in [1.165, 1.54) is 18.5 Å². The van der Waals surface area contributed by atoms with E-state index in [1.54, 1.807) is 41.8 Å². The summed E-state index contributed by atoms with van der Waals surface area (Å²) >= 11 is 1.54. The highest BCUT2D eigenvalue weighted by atomic mass is 32.2. The van der Waals surface area contributed by atoms with Crippen molar-refractivity contribution in [2.24, 2.45) is 0 Å². The molecule has 3 aromatic heterocycles. The number of thiazole rings is 1. The Morgan fingerprint density at radius 3 is 2.27 bits per heavy atom. The highest BCUT2D eigenvalue weighted by Crippen LogP contribution is 2.27. The van der Waals surface area contributed by atoms with Gasteiger partial charge in [0.05, 0.1) is 10.6 Å². The molecule has 0 spiro atoms. The molecule has 0 amide bonds. The lowest BCUT2D eigenvalue weighted by molar-refractivity contribution is -0.192. The number of benzene rings is 1. The monoisotopic (exact) mass is 609 g/mol. The molecule has 1 unspecified atom stereocenters. The molecule has 0 radical (unpaired) electrons. The second kappa shape index (κ2) is 13.8. The summed E-state index contributed by atoms with van der Waals surface area (Å²) in [5.41, 5.74) is 2.10. The van der Waals surface area contributed by atoms with E-state index in [0.717, 1.165) is 16.1 Å². The number of rotatable bonds is 10. The highest BCUT2D eigenvalue weighted by Gasteiger charge is 2.38. The van der Waals surface area contributed by atoms with Gasteiger partial charge in [0.1, 0.15) is 17.4 Å². The van der Waals surface area contributed by atoms with Crippen molar-refractivity contribution in [3.8, 4) is 10.6 Å². The van der Waals surface area contributed by atoms with Gasteiger partial charge in [-0.1, -0.05) is 30.3 Å². The van der Waals surface area contributed by atoms with E-state index >= 15 is 0 Å². The van der Waals surface area contributed by atoms with Gasteiger partial charge in [-0.25, -0.2) is 23.2 Å². The SMILES string of the molecule is O=C(O)C(F)(F)F.O=C(O)CNc1cccc(C(NCc2ccc(-c3nccs3)cc2)S(=O)(=O)c2cccnc2)n1. The largest absolute Gasteiger partial charge is 0.490 e. The van der Waals surface area contributed by atoms with E-state index < -0.39 is 33.3 Å². The summed E-state index contributed by atoms with van der Waals surface area (Å²) in [5.74, 6) is -3.54. The number of nitrogens with zero attached hydrogens (tertiary/aromatic N) is 3. The van der Waals surface area contributed by atoms with Crippen LogP contribution in [0.4, 0.5) is 19.0 Å². The van der Waals surface area contributed by atoms with E-state index in [1.807, 2.05) is 29.6 Å². The molecule has 16 heteroatoms. The number of halogens is 3. The quantitative estimate of drug-likeness (QED) is 0.205. The molecule has 4 aromatic rings. The van der Waals surface area contributed by atoms with Crippen molar-refractivity contribution >= 4 is 38.9 Å². The fourth-order valence-corrected chi connectivity index (χ4v) is 5.37. The summed E-state index contributed by atoms with van der Waals surface area (Å²) in [6, 6.07) is 15.5. The number of pyridine rings is 2. The number of hydrogen-bond donors (Lipinski definition) is 4. The molecule has 11 nitrogen and oxygen atoms in total. The van der Waals surface area contributed by atoms with Crippen LogP contribution in [0, 0.1) is 0 Å². The summed E-state index contributed by atoms with van der Waals surface area (Å²) in [6.45, 7) is -0.0773. The molecule has 4 rings (SSSR count). The van der Waals surface area contributed by atoms with Gasteiger partial charge in [0.15, 0.2) is 5.37 Å². The van der Waals surface area contributed by atoms with Crippen LogP contribution < -0.4 is 10.6 Å². The maximum Gasteiger partial charge on any atom is 0.490 e. The van der Waals surface area contributed by atoms with Crippen LogP contribution in [0.5, 0.6) is 0 Å². The maximum atomic E-state index is 13.5. The third-order valence-corrected chi connectivity index (χ3v) is 7.85. The molecule has 1 aromatic carbocycles. The number of alkyl halides is 3. The van der Waals surface area contributed by atoms with Gasteiger partial charge >= 0.3 is 18.1 Å². The van der Waals surface area contributed by atoms with Crippen molar-refractivity contribution in [3.05, 3.63) is 89.8 Å². The molecule has 0 aliphatic heterocycles. The summed E-state index contributed by atoms with van der Waals surface area (Å²) in [6.07, 6.45) is -0.546. The molecular formula is C25H22F3N5O6S2. The van der Waals surface area contributed by atoms with Crippen LogP contribution in [0.25, 0.3) is 10.6 Å². The first-order chi connectivity index (χ1) is 19.4. The minimum atomic E-state index is -5.08. The normalized spacial score (nSPS) is 12.1. The summed E-state index contributed by atoms with van der Waals surface area (Å²) < 4.78 is 58.7. The fraction of sp³-hybridized carbons (Fsp3) is 0.160. The van der Waals surface area contributed by atoms with Gasteiger partial charge in [-0.05, 0) is 29.8 Å². The summed E-state index contributed by atoms with van der Waals surface area (Å²) in [5, 5.41) is 23.5. The molecule has 0 saturated heterocycles. The second-order valence-corrected chi connectivity index (χ2v) is 11.0. The Kier molecular flexibility index (Phi) is 10.5. The van der Waals surface area contributed by atoms with E-state index in [-0.39, 0.29) is 29.5 Å². The lowest BCUT2D eigenvalue weighted by Gasteiger charge is -2.20. The van der Waals surface area contributed by atoms with Crippen molar-refractivity contribution in [1.29, 1.82) is 0 Å². The van der Waals surface area contributed by atoms with Crippen LogP contribution in [0.2, 0.25) is 0 Å². The van der Waals surface area contributed by atoms with Crippen molar-refractivity contribution in [2.75, 3.05) is 11.9 Å². The molecule has 0 bridgehead atoms. The Balaban J connectivity index is 0.000000587. The topological polar surface area (TPSA) is 171 Å². The zero-order valence-electron chi connectivity index (χ0n) is 20.8. The molecule has 0 fully saturated rings. The first kappa shape index (κ1) is 31.1. The van der Waals surface area contributed by atoms with Crippen LogP contribution in [-0.2, 0) is 26.0 Å². The minimum Gasteiger partial charge on any atom is -0.480 e. The average Bonchev–Trinajstić information content (AvgIpc) is 3.48. The van der Waals surface area contributed by atoms with Crippen molar-refractivity contribution in [2.45, 2.75) is 23.0 Å². The van der Waals surface area contributed by atoms with Gasteiger partial charge in [0, 0.05) is 36.1 Å². The minimum absolute atomic E-state index is 0.0531. The third-order valence-electron chi connectivity index (χ3n) is 5.10. The molecule has 216 valence electrons. The molecular weight excluding hydrogens is 587 g/mol. The predicted molar refractivity (Wildman–Crippen MR) is 143 cm³/mol. The molecule has 0 aliphatic rings. The van der Waals surface area contributed by atoms with E-state index in [2.05, 4.69) is 25.6 Å². The predicted octanol–water partition coefficient (Wildman–Crippen LogP) is 3.99. The number of carbonyl (C=O) groups is 2. The number of sulfone groups is 1. The van der Waals surface area contributed by atoms with Gasteiger partial charge in [-0.15, -0.1) is 11.3 Å². The Hall–Kier alpha value is -4.41. The average molecular weight is 610 g/mol. The highest BCUT2D eigenvalue weighted by molar-refractivity contribution is 7.91. The zero-order valence-corrected chi connectivity index (χ0v) is 22.4. The van der Waals surface area contributed by atoms with Crippen LogP contribution in [0.1, 0.15) is 16.6 Å². The van der Waals surface area contributed by atoms with Gasteiger partial charge < -0.3 is 15.5 Å². The smallest absolute Gasteiger partial charge is 0.480 e. The Labute approximate surface area is 235 Å². The standard InChI is InChI=1S/C23H21N5O4S2.C2HF3O2/c29-21(30)15-26-20-5-1-4-19(28-20)23(34(31,32)18-3-2-10-24-14-18)27-13-16-6-8-17(9-7-16)22-25-11-12-33-22;3-2(4,5)1(6)7/h1-12,14,23,27H,13,15H2,(H,26,28)(H,29,30);(H,6,7). The van der Waals surface area contributed by atoms with Crippen molar-refractivity contribution < 1.29 is 41.4 Å². The lowest BCUT2D eigenvalue weighted by atomic mass is 10.1. The molecule has 0 aliphatic carbocycles. The molecule has 41 heavy (non-hydrogen) atoms. The van der Waals surface area contributed by atoms with Crippen LogP contribution in [-0.4, -0.2) is 58.2 Å². The Bertz CT molecular complexity index is 1550. The van der Waals surface area contributed by atoms with Crippen molar-refractivity contribution in [1.82, 2.24) is 20.3 Å². The lowest BCUT2D eigenvalue weighted by Crippen LogP contribution is -2.30. The van der Waals surface area contributed by atoms with E-state index in [4.69, 9.17) is 15.0 Å². The number of carboxylic acids is 2. The zero-order chi connectivity index (χ0) is 30.0. The number of aliphatic carboxylic acids is 2. The Morgan fingerprint density at radius 1 is 1.00 bits per heavy atom. The summed E-state index contributed by atoms with van der Waals surface area (Å²) in [7, 11) is -3.90. The van der Waals surface area contributed by atoms with E-state index in [0.29, 0.717) is 0 Å². The molecule has 3 heterocycles. The summed E-state index contributed by atoms with van der Waals surface area (Å²) in [4.78, 5) is 32.4. The van der Waals surface area contributed by atoms with Crippen molar-refractivity contribution in [3.63, 3.8) is 0 Å². The van der Waals surface area contributed by atoms with Gasteiger partial charge in [0.2, 0.25) is 9.84 Å². The number of hydrogen-bond acceptors (Lipinski definition) is 10. The maximum absolute atomic E-state index is 13.5. The first-order valence-corrected chi connectivity index (χ1v) is 13.9. The van der Waals surface area contributed by atoms with Gasteiger partial charge in [-0.2, -0.15) is 13.2 Å². The second-order valence-electron chi connectivity index (χ2n) is 8.03. The molecule has 1 atom stereocenters. The first-order valence-electron chi connectivity index (χ1n) is 11.5. The number of nitrogens with one attached hydrogen (secondary N) is 2. The van der Waals surface area contributed by atoms with Crippen LogP contribution in [0.3, 0.4) is 0 Å².